The van der Waals surface area contributed by atoms with Crippen molar-refractivity contribution in [2.45, 2.75) is 19.5 Å². The van der Waals surface area contributed by atoms with Crippen molar-refractivity contribution < 1.29 is 0 Å². The monoisotopic (exact) mass is 332 g/mol. The summed E-state index contributed by atoms with van der Waals surface area (Å²) in [7, 11) is 1.96. The quantitative estimate of drug-likeness (QED) is 0.610. The topological polar surface area (TPSA) is 60.0 Å². The standard InChI is InChI=1S/C19H20N6/c1-14(19-23-21-13-24(19)2)20-12-16-18(15-8-4-3-5-9-15)22-17-10-6-7-11-25(16)17/h3-11,13-14,20H,12H2,1-2H3. The Morgan fingerprint density at radius 2 is 1.88 bits per heavy atom. The van der Waals surface area contributed by atoms with E-state index >= 15 is 0 Å². The number of rotatable bonds is 5. The van der Waals surface area contributed by atoms with Gasteiger partial charge in [-0.2, -0.15) is 0 Å². The van der Waals surface area contributed by atoms with Crippen LogP contribution in [0.2, 0.25) is 0 Å². The summed E-state index contributed by atoms with van der Waals surface area (Å²) in [6, 6.07) is 16.4. The first-order valence-electron chi connectivity index (χ1n) is 8.32. The van der Waals surface area contributed by atoms with Crippen LogP contribution in [0.3, 0.4) is 0 Å². The Morgan fingerprint density at radius 1 is 1.08 bits per heavy atom. The number of nitrogens with zero attached hydrogens (tertiary/aromatic N) is 5. The molecule has 6 nitrogen and oxygen atoms in total. The molecule has 0 bridgehead atoms. The lowest BCUT2D eigenvalue weighted by molar-refractivity contribution is 0.523. The average Bonchev–Trinajstić information content (AvgIpc) is 3.24. The molecule has 0 saturated heterocycles. The number of nitrogens with one attached hydrogen (secondary N) is 1. The molecule has 6 heteroatoms. The first-order chi connectivity index (χ1) is 12.2. The van der Waals surface area contributed by atoms with Gasteiger partial charge in [-0.1, -0.05) is 36.4 Å². The highest BCUT2D eigenvalue weighted by Crippen LogP contribution is 2.24. The van der Waals surface area contributed by atoms with Gasteiger partial charge in [0.05, 0.1) is 17.4 Å². The van der Waals surface area contributed by atoms with E-state index in [9.17, 15) is 0 Å². The van der Waals surface area contributed by atoms with Crippen LogP contribution in [0, 0.1) is 0 Å². The molecule has 126 valence electrons. The molecule has 0 spiro atoms. The fourth-order valence-corrected chi connectivity index (χ4v) is 3.07. The van der Waals surface area contributed by atoms with Gasteiger partial charge in [0.15, 0.2) is 0 Å². The Bertz CT molecular complexity index is 986. The lowest BCUT2D eigenvalue weighted by atomic mass is 10.1. The molecule has 25 heavy (non-hydrogen) atoms. The molecule has 3 aromatic heterocycles. The van der Waals surface area contributed by atoms with E-state index < -0.39 is 0 Å². The van der Waals surface area contributed by atoms with E-state index in [1.165, 1.54) is 0 Å². The van der Waals surface area contributed by atoms with Crippen LogP contribution in [0.25, 0.3) is 16.9 Å². The van der Waals surface area contributed by atoms with Crippen LogP contribution in [-0.2, 0) is 13.6 Å². The summed E-state index contributed by atoms with van der Waals surface area (Å²) < 4.78 is 4.07. The molecule has 1 aromatic carbocycles. The van der Waals surface area contributed by atoms with Crippen LogP contribution < -0.4 is 5.32 Å². The summed E-state index contributed by atoms with van der Waals surface area (Å²) in [5.41, 5.74) is 4.21. The minimum atomic E-state index is 0.0883. The van der Waals surface area contributed by atoms with E-state index in [2.05, 4.69) is 45.2 Å². The van der Waals surface area contributed by atoms with E-state index in [1.54, 1.807) is 6.33 Å². The molecule has 0 saturated carbocycles. The van der Waals surface area contributed by atoms with Crippen molar-refractivity contribution in [3.63, 3.8) is 0 Å². The first-order valence-corrected chi connectivity index (χ1v) is 8.32. The fraction of sp³-hybridized carbons (Fsp3) is 0.211. The maximum absolute atomic E-state index is 4.83. The first kappa shape index (κ1) is 15.5. The summed E-state index contributed by atoms with van der Waals surface area (Å²) in [6.07, 6.45) is 3.77. The third-order valence-electron chi connectivity index (χ3n) is 4.39. The van der Waals surface area contributed by atoms with Gasteiger partial charge in [0.1, 0.15) is 17.8 Å². The summed E-state index contributed by atoms with van der Waals surface area (Å²) >= 11 is 0. The molecule has 1 atom stereocenters. The van der Waals surface area contributed by atoms with Crippen LogP contribution in [0.4, 0.5) is 0 Å². The number of imidazole rings is 1. The van der Waals surface area contributed by atoms with Crippen molar-refractivity contribution in [2.24, 2.45) is 7.05 Å². The molecule has 0 aliphatic carbocycles. The third-order valence-corrected chi connectivity index (χ3v) is 4.39. The number of pyridine rings is 1. The van der Waals surface area contributed by atoms with Crippen molar-refractivity contribution in [2.75, 3.05) is 0 Å². The minimum Gasteiger partial charge on any atom is -0.319 e. The molecule has 0 aliphatic heterocycles. The predicted molar refractivity (Wildman–Crippen MR) is 96.9 cm³/mol. The molecule has 0 amide bonds. The fourth-order valence-electron chi connectivity index (χ4n) is 3.07. The van der Waals surface area contributed by atoms with Crippen LogP contribution >= 0.6 is 0 Å². The maximum Gasteiger partial charge on any atom is 0.149 e. The zero-order valence-corrected chi connectivity index (χ0v) is 14.3. The second-order valence-corrected chi connectivity index (χ2v) is 6.10. The second kappa shape index (κ2) is 6.49. The Labute approximate surface area is 146 Å². The summed E-state index contributed by atoms with van der Waals surface area (Å²) in [5, 5.41) is 11.7. The van der Waals surface area contributed by atoms with Gasteiger partial charge in [0.25, 0.3) is 0 Å². The normalized spacial score (nSPS) is 12.6. The van der Waals surface area contributed by atoms with Gasteiger partial charge in [-0.3, -0.25) is 0 Å². The zero-order valence-electron chi connectivity index (χ0n) is 14.3. The molecule has 0 fully saturated rings. The Hall–Kier alpha value is -2.99. The van der Waals surface area contributed by atoms with Crippen molar-refractivity contribution in [1.29, 1.82) is 0 Å². The zero-order chi connectivity index (χ0) is 17.2. The highest BCUT2D eigenvalue weighted by Gasteiger charge is 2.16. The van der Waals surface area contributed by atoms with Crippen LogP contribution in [0.5, 0.6) is 0 Å². The largest absolute Gasteiger partial charge is 0.319 e. The minimum absolute atomic E-state index is 0.0883. The van der Waals surface area contributed by atoms with Gasteiger partial charge < -0.3 is 14.3 Å². The van der Waals surface area contributed by atoms with Gasteiger partial charge in [-0.05, 0) is 19.1 Å². The molecule has 4 aromatic rings. The molecule has 1 N–H and O–H groups in total. The van der Waals surface area contributed by atoms with Crippen molar-refractivity contribution in [3.8, 4) is 11.3 Å². The lowest BCUT2D eigenvalue weighted by Gasteiger charge is -2.13. The van der Waals surface area contributed by atoms with E-state index in [0.717, 1.165) is 28.4 Å². The van der Waals surface area contributed by atoms with Crippen molar-refractivity contribution >= 4 is 5.65 Å². The number of hydrogen-bond donors (Lipinski definition) is 1. The Balaban J connectivity index is 1.69. The van der Waals surface area contributed by atoms with Gasteiger partial charge in [0.2, 0.25) is 0 Å². The Kier molecular flexibility index (Phi) is 4.03. The van der Waals surface area contributed by atoms with Gasteiger partial charge >= 0.3 is 0 Å². The van der Waals surface area contributed by atoms with Gasteiger partial charge in [-0.25, -0.2) is 4.98 Å². The highest BCUT2D eigenvalue weighted by atomic mass is 15.3. The third kappa shape index (κ3) is 2.92. The summed E-state index contributed by atoms with van der Waals surface area (Å²) in [6.45, 7) is 2.78. The molecule has 1 unspecified atom stereocenters. The lowest BCUT2D eigenvalue weighted by Crippen LogP contribution is -2.22. The van der Waals surface area contributed by atoms with Gasteiger partial charge in [-0.15, -0.1) is 10.2 Å². The second-order valence-electron chi connectivity index (χ2n) is 6.10. The van der Waals surface area contributed by atoms with E-state index in [1.807, 2.05) is 48.0 Å². The molecule has 0 radical (unpaired) electrons. The van der Waals surface area contributed by atoms with E-state index in [0.29, 0.717) is 6.54 Å². The number of hydrogen-bond acceptors (Lipinski definition) is 4. The van der Waals surface area contributed by atoms with Crippen LogP contribution in [0.1, 0.15) is 24.5 Å². The maximum atomic E-state index is 4.83. The van der Waals surface area contributed by atoms with E-state index in [-0.39, 0.29) is 6.04 Å². The Morgan fingerprint density at radius 3 is 2.64 bits per heavy atom. The average molecular weight is 332 g/mol. The highest BCUT2D eigenvalue weighted by molar-refractivity contribution is 5.66. The molecular weight excluding hydrogens is 312 g/mol. The number of aryl methyl sites for hydroxylation is 1. The van der Waals surface area contributed by atoms with Crippen LogP contribution in [-0.4, -0.2) is 24.1 Å². The molecule has 3 heterocycles. The van der Waals surface area contributed by atoms with Crippen LogP contribution in [0.15, 0.2) is 61.1 Å². The van der Waals surface area contributed by atoms with Gasteiger partial charge in [0, 0.05) is 25.4 Å². The number of fused-ring (bicyclic) bond motifs is 1. The SMILES string of the molecule is CC(NCc1c(-c2ccccc2)nc2ccccn12)c1nncn1C. The van der Waals surface area contributed by atoms with Crippen molar-refractivity contribution in [3.05, 3.63) is 72.6 Å². The number of benzene rings is 1. The molecular formula is C19H20N6. The molecule has 4 rings (SSSR count). The summed E-state index contributed by atoms with van der Waals surface area (Å²) in [5.74, 6) is 0.912. The number of aromatic nitrogens is 5. The molecule has 0 aliphatic rings. The summed E-state index contributed by atoms with van der Waals surface area (Å²) in [4.78, 5) is 4.83. The smallest absolute Gasteiger partial charge is 0.149 e. The van der Waals surface area contributed by atoms with E-state index in [4.69, 9.17) is 4.98 Å². The van der Waals surface area contributed by atoms with Crippen molar-refractivity contribution in [1.82, 2.24) is 29.5 Å². The predicted octanol–water partition coefficient (Wildman–Crippen LogP) is 2.98.